The van der Waals surface area contributed by atoms with E-state index >= 15 is 0 Å². The minimum absolute atomic E-state index is 0.489. The van der Waals surface area contributed by atoms with Gasteiger partial charge in [-0.05, 0) is 31.0 Å². The summed E-state index contributed by atoms with van der Waals surface area (Å²) in [7, 11) is 0. The van der Waals surface area contributed by atoms with E-state index in [1.165, 1.54) is 0 Å². The van der Waals surface area contributed by atoms with Crippen molar-refractivity contribution in [3.8, 4) is 0 Å². The number of furan rings is 1. The molecular weight excluding hydrogens is 238 g/mol. The van der Waals surface area contributed by atoms with Gasteiger partial charge in [0.1, 0.15) is 5.82 Å². The molecule has 0 saturated heterocycles. The molecule has 2 aromatic rings. The zero-order chi connectivity index (χ0) is 13.8. The first kappa shape index (κ1) is 13.1. The van der Waals surface area contributed by atoms with Crippen LogP contribution in [0.15, 0.2) is 35.8 Å². The molecule has 2 rings (SSSR count). The van der Waals surface area contributed by atoms with Gasteiger partial charge in [0.15, 0.2) is 0 Å². The molecule has 0 unspecified atom stereocenters. The normalized spacial score (nSPS) is 10.2. The Morgan fingerprint density at radius 3 is 2.95 bits per heavy atom. The summed E-state index contributed by atoms with van der Waals surface area (Å²) >= 11 is 0. The summed E-state index contributed by atoms with van der Waals surface area (Å²) < 4.78 is 5.02. The van der Waals surface area contributed by atoms with E-state index in [4.69, 9.17) is 9.83 Å². The predicted molar refractivity (Wildman–Crippen MR) is 77.6 cm³/mol. The highest BCUT2D eigenvalue weighted by molar-refractivity contribution is 6.02. The maximum Gasteiger partial charge on any atom is 0.135 e. The number of aromatic nitrogens is 1. The average Bonchev–Trinajstić information content (AvgIpc) is 2.89. The van der Waals surface area contributed by atoms with E-state index in [0.717, 1.165) is 28.1 Å². The molecule has 98 valence electrons. The van der Waals surface area contributed by atoms with Gasteiger partial charge < -0.3 is 15.1 Å². The lowest BCUT2D eigenvalue weighted by Crippen LogP contribution is -2.09. The number of rotatable bonds is 5. The Labute approximate surface area is 112 Å². The maximum absolute atomic E-state index is 7.91. The fraction of sp³-hybridized carbons (Fsp3) is 0.200. The first-order chi connectivity index (χ1) is 9.13. The van der Waals surface area contributed by atoms with Gasteiger partial charge in [-0.15, -0.1) is 0 Å². The van der Waals surface area contributed by atoms with Crippen molar-refractivity contribution < 1.29 is 4.42 Å². The van der Waals surface area contributed by atoms with Crippen LogP contribution < -0.4 is 5.32 Å². The molecule has 0 fully saturated rings. The number of pyridine rings is 1. The van der Waals surface area contributed by atoms with Crippen molar-refractivity contribution in [1.29, 1.82) is 5.41 Å². The molecule has 0 aliphatic carbocycles. The standard InChI is InChI=1S/C15H17N3O/c1-4-13-8-18-15(14(10(13)2)11(3)16)17-7-12-5-6-19-9-12/h4-6,8-9,16H,1,7H2,2-3H3,(H,17,18). The number of nitrogens with zero attached hydrogens (tertiary/aromatic N) is 1. The molecule has 0 radical (unpaired) electrons. The van der Waals surface area contributed by atoms with Crippen molar-refractivity contribution in [2.24, 2.45) is 0 Å². The molecule has 0 atom stereocenters. The van der Waals surface area contributed by atoms with Crippen LogP contribution in [0.4, 0.5) is 5.82 Å². The van der Waals surface area contributed by atoms with Crippen LogP contribution in [-0.4, -0.2) is 10.7 Å². The van der Waals surface area contributed by atoms with E-state index in [1.54, 1.807) is 31.7 Å². The monoisotopic (exact) mass is 255 g/mol. The predicted octanol–water partition coefficient (Wildman–Crippen LogP) is 3.63. The molecule has 19 heavy (non-hydrogen) atoms. The third kappa shape index (κ3) is 2.73. The number of nitrogens with one attached hydrogen (secondary N) is 2. The summed E-state index contributed by atoms with van der Waals surface area (Å²) in [5.74, 6) is 0.719. The molecular formula is C15H17N3O. The average molecular weight is 255 g/mol. The quantitative estimate of drug-likeness (QED) is 0.802. The first-order valence-electron chi connectivity index (χ1n) is 6.06. The Kier molecular flexibility index (Phi) is 3.80. The minimum atomic E-state index is 0.489. The Balaban J connectivity index is 2.31. The largest absolute Gasteiger partial charge is 0.472 e. The van der Waals surface area contributed by atoms with Gasteiger partial charge >= 0.3 is 0 Å². The van der Waals surface area contributed by atoms with E-state index in [0.29, 0.717) is 12.3 Å². The smallest absolute Gasteiger partial charge is 0.135 e. The Hall–Kier alpha value is -2.36. The number of hydrogen-bond donors (Lipinski definition) is 2. The van der Waals surface area contributed by atoms with E-state index in [9.17, 15) is 0 Å². The second-order valence-electron chi connectivity index (χ2n) is 4.38. The van der Waals surface area contributed by atoms with Gasteiger partial charge in [0.05, 0.1) is 12.5 Å². The van der Waals surface area contributed by atoms with E-state index in [1.807, 2.05) is 13.0 Å². The summed E-state index contributed by atoms with van der Waals surface area (Å²) in [5.41, 5.74) is 4.34. The third-order valence-electron chi connectivity index (χ3n) is 3.01. The zero-order valence-electron chi connectivity index (χ0n) is 11.2. The Morgan fingerprint density at radius 1 is 1.58 bits per heavy atom. The molecule has 4 heteroatoms. The number of hydrogen-bond acceptors (Lipinski definition) is 4. The highest BCUT2D eigenvalue weighted by Gasteiger charge is 2.12. The molecule has 2 aromatic heterocycles. The first-order valence-corrected chi connectivity index (χ1v) is 6.06. The highest BCUT2D eigenvalue weighted by Crippen LogP contribution is 2.22. The molecule has 0 amide bonds. The topological polar surface area (TPSA) is 61.9 Å². The molecule has 2 N–H and O–H groups in total. The summed E-state index contributed by atoms with van der Waals surface area (Å²) in [5, 5.41) is 11.2. The molecule has 0 aliphatic rings. The summed E-state index contributed by atoms with van der Waals surface area (Å²) in [6, 6.07) is 1.90. The number of anilines is 1. The van der Waals surface area contributed by atoms with Crippen LogP contribution in [-0.2, 0) is 6.54 Å². The van der Waals surface area contributed by atoms with Gasteiger partial charge in [-0.1, -0.05) is 12.7 Å². The van der Waals surface area contributed by atoms with Crippen LogP contribution in [0.3, 0.4) is 0 Å². The SMILES string of the molecule is C=Cc1cnc(NCc2ccoc2)c(C(C)=N)c1C. The van der Waals surface area contributed by atoms with Crippen molar-refractivity contribution in [3.05, 3.63) is 53.6 Å². The fourth-order valence-corrected chi connectivity index (χ4v) is 2.00. The van der Waals surface area contributed by atoms with Gasteiger partial charge in [0, 0.05) is 29.6 Å². The second-order valence-corrected chi connectivity index (χ2v) is 4.38. The minimum Gasteiger partial charge on any atom is -0.472 e. The van der Waals surface area contributed by atoms with Crippen LogP contribution in [0.2, 0.25) is 0 Å². The molecule has 0 spiro atoms. The summed E-state index contributed by atoms with van der Waals surface area (Å²) in [4.78, 5) is 4.38. The van der Waals surface area contributed by atoms with Crippen molar-refractivity contribution in [1.82, 2.24) is 4.98 Å². The Morgan fingerprint density at radius 2 is 2.37 bits per heavy atom. The van der Waals surface area contributed by atoms with Crippen molar-refractivity contribution >= 4 is 17.6 Å². The van der Waals surface area contributed by atoms with E-state index < -0.39 is 0 Å². The van der Waals surface area contributed by atoms with Crippen LogP contribution in [0.5, 0.6) is 0 Å². The zero-order valence-corrected chi connectivity index (χ0v) is 11.2. The van der Waals surface area contributed by atoms with Gasteiger partial charge in [0.25, 0.3) is 0 Å². The summed E-state index contributed by atoms with van der Waals surface area (Å²) in [6.07, 6.45) is 6.86. The fourth-order valence-electron chi connectivity index (χ4n) is 2.00. The van der Waals surface area contributed by atoms with Crippen LogP contribution in [0.25, 0.3) is 6.08 Å². The van der Waals surface area contributed by atoms with Crippen LogP contribution in [0.1, 0.15) is 29.2 Å². The third-order valence-corrected chi connectivity index (χ3v) is 3.01. The van der Waals surface area contributed by atoms with Crippen molar-refractivity contribution in [3.63, 3.8) is 0 Å². The molecule has 0 aromatic carbocycles. The molecule has 4 nitrogen and oxygen atoms in total. The second kappa shape index (κ2) is 5.52. The molecule has 0 saturated carbocycles. The maximum atomic E-state index is 7.91. The molecule has 2 heterocycles. The van der Waals surface area contributed by atoms with E-state index in [-0.39, 0.29) is 0 Å². The molecule has 0 bridgehead atoms. The van der Waals surface area contributed by atoms with E-state index in [2.05, 4.69) is 16.9 Å². The van der Waals surface area contributed by atoms with Crippen molar-refractivity contribution in [2.45, 2.75) is 20.4 Å². The van der Waals surface area contributed by atoms with Crippen molar-refractivity contribution in [2.75, 3.05) is 5.32 Å². The van der Waals surface area contributed by atoms with Gasteiger partial charge in [-0.2, -0.15) is 0 Å². The lowest BCUT2D eigenvalue weighted by atomic mass is 10.0. The lowest BCUT2D eigenvalue weighted by Gasteiger charge is -2.14. The molecule has 0 aliphatic heterocycles. The summed E-state index contributed by atoms with van der Waals surface area (Å²) in [6.45, 7) is 8.13. The van der Waals surface area contributed by atoms with Gasteiger partial charge in [-0.25, -0.2) is 4.98 Å². The highest BCUT2D eigenvalue weighted by atomic mass is 16.3. The van der Waals surface area contributed by atoms with Crippen LogP contribution >= 0.6 is 0 Å². The van der Waals surface area contributed by atoms with Gasteiger partial charge in [0.2, 0.25) is 0 Å². The van der Waals surface area contributed by atoms with Crippen LogP contribution in [0, 0.1) is 12.3 Å². The Bertz CT molecular complexity index is 600. The lowest BCUT2D eigenvalue weighted by molar-refractivity contribution is 0.564. The van der Waals surface area contributed by atoms with Gasteiger partial charge in [-0.3, -0.25) is 0 Å².